The second kappa shape index (κ2) is 1.54. The Morgan fingerprint density at radius 3 is 2.71 bits per heavy atom. The Morgan fingerprint density at radius 2 is 2.57 bits per heavy atom. The van der Waals surface area contributed by atoms with Crippen molar-refractivity contribution in [2.75, 3.05) is 5.75 Å². The number of hydrogen-bond acceptors (Lipinski definition) is 3. The largest absolute Gasteiger partial charge is 0.854 e. The van der Waals surface area contributed by atoms with Crippen LogP contribution in [0, 0.1) is 0 Å². The fourth-order valence-electron chi connectivity index (χ4n) is 0.290. The predicted molar refractivity (Wildman–Crippen MR) is 24.9 cm³/mol. The first-order valence-electron chi connectivity index (χ1n) is 1.70. The quantitative estimate of drug-likeness (QED) is 0.407. The van der Waals surface area contributed by atoms with E-state index in [-0.39, 0.29) is 16.9 Å². The van der Waals surface area contributed by atoms with Crippen molar-refractivity contribution >= 4 is 22.9 Å². The fourth-order valence-corrected chi connectivity index (χ4v) is 0.768. The summed E-state index contributed by atoms with van der Waals surface area (Å²) in [7, 11) is 0. The Hall–Kier alpha value is -0.510. The van der Waals surface area contributed by atoms with E-state index in [4.69, 9.17) is 0 Å². The van der Waals surface area contributed by atoms with Crippen LogP contribution in [0.15, 0.2) is 4.99 Å². The molecular weight excluding hydrogens is 114 g/mol. The van der Waals surface area contributed by atoms with Gasteiger partial charge in [0.05, 0.1) is 5.75 Å². The van der Waals surface area contributed by atoms with Crippen LogP contribution in [0.4, 0.5) is 0 Å². The maximum atomic E-state index is 10.0. The minimum Gasteiger partial charge on any atom is -0.854 e. The molecule has 1 aliphatic rings. The predicted octanol–water partition coefficient (Wildman–Crippen LogP) is -1.02. The SMILES string of the molecule is O=C1CSC([O-])=N1. The lowest BCUT2D eigenvalue weighted by Gasteiger charge is -1.94. The molecule has 0 aromatic carbocycles. The molecule has 7 heavy (non-hydrogen) atoms. The van der Waals surface area contributed by atoms with E-state index in [1.807, 2.05) is 0 Å². The summed E-state index contributed by atoms with van der Waals surface area (Å²) >= 11 is 0.950. The zero-order valence-electron chi connectivity index (χ0n) is 3.38. The molecule has 0 aromatic rings. The Bertz CT molecular complexity index is 131. The van der Waals surface area contributed by atoms with Crippen molar-refractivity contribution < 1.29 is 9.90 Å². The lowest BCUT2D eigenvalue weighted by atomic mass is 10.7. The first-order chi connectivity index (χ1) is 3.29. The summed E-state index contributed by atoms with van der Waals surface area (Å²) in [4.78, 5) is 13.1. The highest BCUT2D eigenvalue weighted by Gasteiger charge is 2.04. The van der Waals surface area contributed by atoms with Crippen molar-refractivity contribution in [3.63, 3.8) is 0 Å². The summed E-state index contributed by atoms with van der Waals surface area (Å²) < 4.78 is 0. The molecule has 0 bridgehead atoms. The monoisotopic (exact) mass is 116 g/mol. The highest BCUT2D eigenvalue weighted by molar-refractivity contribution is 8.14. The van der Waals surface area contributed by atoms with Crippen LogP contribution >= 0.6 is 11.8 Å². The summed E-state index contributed by atoms with van der Waals surface area (Å²) in [6, 6.07) is 0. The average Bonchev–Trinajstić information content (AvgIpc) is 1.87. The van der Waals surface area contributed by atoms with Crippen LogP contribution in [0.3, 0.4) is 0 Å². The van der Waals surface area contributed by atoms with E-state index in [1.54, 1.807) is 0 Å². The molecule has 4 heteroatoms. The number of carbonyl (C=O) groups excluding carboxylic acids is 1. The molecule has 38 valence electrons. The van der Waals surface area contributed by atoms with Crippen LogP contribution in [-0.2, 0) is 4.79 Å². The van der Waals surface area contributed by atoms with Gasteiger partial charge in [-0.1, -0.05) is 0 Å². The summed E-state index contributed by atoms with van der Waals surface area (Å²) in [5.74, 6) is -0.0752. The molecule has 0 aromatic heterocycles. The third kappa shape index (κ3) is 0.928. The van der Waals surface area contributed by atoms with E-state index in [1.165, 1.54) is 0 Å². The lowest BCUT2D eigenvalue weighted by molar-refractivity contribution is -0.205. The zero-order chi connectivity index (χ0) is 5.28. The number of thioether (sulfide) groups is 1. The van der Waals surface area contributed by atoms with Crippen LogP contribution in [0.2, 0.25) is 0 Å². The standard InChI is InChI=1S/C3H3NO2S/c5-2-1-7-3(6)4-2/h1H2,(H,4,5,6)/p-1. The first kappa shape index (κ1) is 4.64. The molecule has 1 aliphatic heterocycles. The summed E-state index contributed by atoms with van der Waals surface area (Å²) in [5.41, 5.74) is 0. The maximum Gasteiger partial charge on any atom is 0.255 e. The number of amides is 1. The van der Waals surface area contributed by atoms with Gasteiger partial charge in [0.25, 0.3) is 5.91 Å². The topological polar surface area (TPSA) is 52.5 Å². The number of nitrogens with zero attached hydrogens (tertiary/aromatic N) is 1. The van der Waals surface area contributed by atoms with E-state index in [0.717, 1.165) is 11.8 Å². The molecule has 0 fully saturated rings. The second-order valence-electron chi connectivity index (χ2n) is 1.06. The zero-order valence-corrected chi connectivity index (χ0v) is 4.20. The molecule has 0 atom stereocenters. The normalized spacial score (nSPS) is 20.0. The van der Waals surface area contributed by atoms with Gasteiger partial charge in [0.15, 0.2) is 0 Å². The Balaban J connectivity index is 2.67. The number of hydrogen-bond donors (Lipinski definition) is 0. The van der Waals surface area contributed by atoms with Crippen LogP contribution in [0.1, 0.15) is 0 Å². The molecule has 0 saturated heterocycles. The van der Waals surface area contributed by atoms with E-state index in [2.05, 4.69) is 4.99 Å². The van der Waals surface area contributed by atoms with Crippen molar-refractivity contribution in [1.82, 2.24) is 0 Å². The highest BCUT2D eigenvalue weighted by Crippen LogP contribution is 2.06. The van der Waals surface area contributed by atoms with Crippen LogP contribution in [0.25, 0.3) is 0 Å². The summed E-state index contributed by atoms with van der Waals surface area (Å²) in [6.45, 7) is 0. The Morgan fingerprint density at radius 1 is 1.86 bits per heavy atom. The summed E-state index contributed by atoms with van der Waals surface area (Å²) in [6.07, 6.45) is 0. The molecule has 1 rings (SSSR count). The van der Waals surface area contributed by atoms with Gasteiger partial charge < -0.3 is 5.11 Å². The lowest BCUT2D eigenvalue weighted by Crippen LogP contribution is -2.08. The Labute approximate surface area is 44.4 Å². The van der Waals surface area contributed by atoms with Gasteiger partial charge in [-0.3, -0.25) is 4.79 Å². The van der Waals surface area contributed by atoms with Crippen LogP contribution in [-0.4, -0.2) is 16.9 Å². The number of rotatable bonds is 0. The third-order valence-electron chi connectivity index (χ3n) is 0.535. The minimum atomic E-state index is -0.356. The molecule has 0 N–H and O–H groups in total. The van der Waals surface area contributed by atoms with Gasteiger partial charge in [-0.25, -0.2) is 4.99 Å². The minimum absolute atomic E-state index is 0.235. The Kier molecular flexibility index (Phi) is 1.02. The van der Waals surface area contributed by atoms with E-state index < -0.39 is 0 Å². The molecule has 0 aliphatic carbocycles. The van der Waals surface area contributed by atoms with Gasteiger partial charge >= 0.3 is 0 Å². The average molecular weight is 116 g/mol. The van der Waals surface area contributed by atoms with E-state index in [0.29, 0.717) is 0 Å². The van der Waals surface area contributed by atoms with Gasteiger partial charge in [-0.05, 0) is 0 Å². The molecule has 0 unspecified atom stereocenters. The fraction of sp³-hybridized carbons (Fsp3) is 0.333. The van der Waals surface area contributed by atoms with Crippen LogP contribution in [0.5, 0.6) is 0 Å². The van der Waals surface area contributed by atoms with Crippen LogP contribution < -0.4 is 5.11 Å². The molecule has 1 amide bonds. The van der Waals surface area contributed by atoms with E-state index >= 15 is 0 Å². The molecule has 0 radical (unpaired) electrons. The van der Waals surface area contributed by atoms with Gasteiger partial charge in [0.1, 0.15) is 0 Å². The van der Waals surface area contributed by atoms with E-state index in [9.17, 15) is 9.90 Å². The van der Waals surface area contributed by atoms with Gasteiger partial charge in [0, 0.05) is 5.23 Å². The molecule has 0 spiro atoms. The third-order valence-corrected chi connectivity index (χ3v) is 1.26. The van der Waals surface area contributed by atoms with Gasteiger partial charge in [-0.2, -0.15) is 0 Å². The molecule has 1 heterocycles. The summed E-state index contributed by atoms with van der Waals surface area (Å²) in [5, 5.41) is 9.67. The second-order valence-corrected chi connectivity index (χ2v) is 1.99. The van der Waals surface area contributed by atoms with Crippen molar-refractivity contribution in [2.45, 2.75) is 0 Å². The first-order valence-corrected chi connectivity index (χ1v) is 2.69. The molecule has 3 nitrogen and oxygen atoms in total. The number of aliphatic imine (C=N–C) groups is 1. The number of carbonyl (C=O) groups is 1. The van der Waals surface area contributed by atoms with Crippen molar-refractivity contribution in [3.05, 3.63) is 0 Å². The van der Waals surface area contributed by atoms with Crippen molar-refractivity contribution in [1.29, 1.82) is 0 Å². The van der Waals surface area contributed by atoms with Gasteiger partial charge in [-0.15, -0.1) is 11.8 Å². The molecule has 0 saturated carbocycles. The van der Waals surface area contributed by atoms with Gasteiger partial charge in [0.2, 0.25) is 0 Å². The maximum absolute atomic E-state index is 10.0. The highest BCUT2D eigenvalue weighted by atomic mass is 32.2. The van der Waals surface area contributed by atoms with Crippen molar-refractivity contribution in [3.8, 4) is 0 Å². The smallest absolute Gasteiger partial charge is 0.255 e. The van der Waals surface area contributed by atoms with Crippen molar-refractivity contribution in [2.24, 2.45) is 4.99 Å². The molecular formula is C3H2NO2S-.